The van der Waals surface area contributed by atoms with Crippen LogP contribution in [0.15, 0.2) is 12.4 Å². The van der Waals surface area contributed by atoms with Crippen molar-refractivity contribution in [2.45, 2.75) is 38.3 Å². The molecule has 2 heterocycles. The molecule has 0 aliphatic carbocycles. The summed E-state index contributed by atoms with van der Waals surface area (Å²) in [7, 11) is 0. The van der Waals surface area contributed by atoms with Gasteiger partial charge in [-0.1, -0.05) is 0 Å². The van der Waals surface area contributed by atoms with Crippen LogP contribution in [0, 0.1) is 6.92 Å². The van der Waals surface area contributed by atoms with Gasteiger partial charge >= 0.3 is 0 Å². The molecule has 1 fully saturated rings. The second-order valence-electron chi connectivity index (χ2n) is 5.00. The SMILES string of the molecule is Cc1nccnc1C(C)(NCC1CCCO1)C(N)=O. The molecule has 2 unspecified atom stereocenters. The molecule has 1 aromatic heterocycles. The molecule has 0 aromatic carbocycles. The van der Waals surface area contributed by atoms with Gasteiger partial charge in [-0.3, -0.25) is 20.1 Å². The van der Waals surface area contributed by atoms with Crippen molar-refractivity contribution >= 4 is 5.91 Å². The Bertz CT molecular complexity index is 460. The Kier molecular flexibility index (Phi) is 4.11. The zero-order valence-corrected chi connectivity index (χ0v) is 11.3. The fourth-order valence-electron chi connectivity index (χ4n) is 2.31. The molecule has 0 radical (unpaired) electrons. The predicted octanol–water partition coefficient (Wildman–Crippen LogP) is 0.254. The molecule has 2 rings (SSSR count). The summed E-state index contributed by atoms with van der Waals surface area (Å²) >= 11 is 0. The van der Waals surface area contributed by atoms with E-state index in [0.29, 0.717) is 17.9 Å². The fraction of sp³-hybridized carbons (Fsp3) is 0.615. The van der Waals surface area contributed by atoms with Crippen molar-refractivity contribution in [2.24, 2.45) is 5.73 Å². The van der Waals surface area contributed by atoms with Gasteiger partial charge in [0.15, 0.2) is 0 Å². The number of nitrogens with two attached hydrogens (primary N) is 1. The number of ether oxygens (including phenoxy) is 1. The van der Waals surface area contributed by atoms with E-state index in [-0.39, 0.29) is 6.10 Å². The van der Waals surface area contributed by atoms with E-state index >= 15 is 0 Å². The fourth-order valence-corrected chi connectivity index (χ4v) is 2.31. The first-order valence-corrected chi connectivity index (χ1v) is 6.48. The Morgan fingerprint density at radius 1 is 1.58 bits per heavy atom. The number of carbonyl (C=O) groups is 1. The van der Waals surface area contributed by atoms with E-state index in [1.807, 2.05) is 6.92 Å². The molecule has 1 saturated heterocycles. The van der Waals surface area contributed by atoms with Gasteiger partial charge in [0.1, 0.15) is 5.54 Å². The lowest BCUT2D eigenvalue weighted by Gasteiger charge is -2.29. The van der Waals surface area contributed by atoms with Crippen LogP contribution in [-0.2, 0) is 15.1 Å². The summed E-state index contributed by atoms with van der Waals surface area (Å²) in [6.45, 7) is 4.91. The molecule has 1 aromatic rings. The molecule has 2 atom stereocenters. The van der Waals surface area contributed by atoms with Crippen LogP contribution in [0.2, 0.25) is 0 Å². The Hall–Kier alpha value is -1.53. The molecule has 0 spiro atoms. The van der Waals surface area contributed by atoms with Gasteiger partial charge in [-0.15, -0.1) is 0 Å². The van der Waals surface area contributed by atoms with E-state index in [1.165, 1.54) is 0 Å². The third-order valence-electron chi connectivity index (χ3n) is 3.55. The first-order chi connectivity index (χ1) is 9.04. The van der Waals surface area contributed by atoms with Gasteiger partial charge in [-0.25, -0.2) is 0 Å². The molecule has 104 valence electrons. The number of aromatic nitrogens is 2. The topological polar surface area (TPSA) is 90.1 Å². The molecule has 0 saturated carbocycles. The second kappa shape index (κ2) is 5.63. The zero-order chi connectivity index (χ0) is 13.9. The number of hydrogen-bond donors (Lipinski definition) is 2. The summed E-state index contributed by atoms with van der Waals surface area (Å²) < 4.78 is 5.54. The number of rotatable bonds is 5. The molecule has 1 amide bonds. The number of amides is 1. The van der Waals surface area contributed by atoms with Gasteiger partial charge in [0.25, 0.3) is 0 Å². The second-order valence-corrected chi connectivity index (χ2v) is 5.00. The smallest absolute Gasteiger partial charge is 0.243 e. The molecular weight excluding hydrogens is 244 g/mol. The maximum Gasteiger partial charge on any atom is 0.243 e. The van der Waals surface area contributed by atoms with Crippen LogP contribution in [0.25, 0.3) is 0 Å². The maximum atomic E-state index is 11.8. The monoisotopic (exact) mass is 264 g/mol. The molecular formula is C13H20N4O2. The number of hydrogen-bond acceptors (Lipinski definition) is 5. The summed E-state index contributed by atoms with van der Waals surface area (Å²) in [6, 6.07) is 0. The number of nitrogens with zero attached hydrogens (tertiary/aromatic N) is 2. The van der Waals surface area contributed by atoms with Crippen LogP contribution in [0.1, 0.15) is 31.2 Å². The Balaban J connectivity index is 2.17. The number of primary amides is 1. The minimum absolute atomic E-state index is 0.135. The molecule has 3 N–H and O–H groups in total. The van der Waals surface area contributed by atoms with E-state index < -0.39 is 11.4 Å². The largest absolute Gasteiger partial charge is 0.377 e. The highest BCUT2D eigenvalue weighted by molar-refractivity contribution is 5.85. The van der Waals surface area contributed by atoms with Crippen LogP contribution in [0.3, 0.4) is 0 Å². The summed E-state index contributed by atoms with van der Waals surface area (Å²) in [5.74, 6) is -0.464. The lowest BCUT2D eigenvalue weighted by atomic mass is 9.94. The zero-order valence-electron chi connectivity index (χ0n) is 11.3. The van der Waals surface area contributed by atoms with Crippen molar-refractivity contribution in [1.29, 1.82) is 0 Å². The maximum absolute atomic E-state index is 11.8. The average Bonchev–Trinajstić information content (AvgIpc) is 2.89. The van der Waals surface area contributed by atoms with E-state index in [1.54, 1.807) is 19.3 Å². The summed E-state index contributed by atoms with van der Waals surface area (Å²) in [6.07, 6.45) is 5.36. The first kappa shape index (κ1) is 13.9. The minimum Gasteiger partial charge on any atom is -0.377 e. The summed E-state index contributed by atoms with van der Waals surface area (Å²) in [5.41, 5.74) is 5.79. The molecule has 1 aliphatic heterocycles. The lowest BCUT2D eigenvalue weighted by Crippen LogP contribution is -2.53. The molecule has 6 heteroatoms. The predicted molar refractivity (Wildman–Crippen MR) is 70.3 cm³/mol. The van der Waals surface area contributed by atoms with E-state index in [2.05, 4.69) is 15.3 Å². The van der Waals surface area contributed by atoms with E-state index in [0.717, 1.165) is 19.4 Å². The summed E-state index contributed by atoms with van der Waals surface area (Å²) in [5, 5.41) is 3.19. The molecule has 0 bridgehead atoms. The normalized spacial score (nSPS) is 22.1. The standard InChI is InChI=1S/C13H20N4O2/c1-9-11(16-6-5-15-9)13(2,12(14)18)17-8-10-4-3-7-19-10/h5-6,10,17H,3-4,7-8H2,1-2H3,(H2,14,18). The molecule has 6 nitrogen and oxygen atoms in total. The van der Waals surface area contributed by atoms with E-state index in [4.69, 9.17) is 10.5 Å². The van der Waals surface area contributed by atoms with Gasteiger partial charge in [0, 0.05) is 25.5 Å². The van der Waals surface area contributed by atoms with Crippen LogP contribution in [0.4, 0.5) is 0 Å². The van der Waals surface area contributed by atoms with Crippen molar-refractivity contribution < 1.29 is 9.53 Å². The molecule has 19 heavy (non-hydrogen) atoms. The molecule has 1 aliphatic rings. The van der Waals surface area contributed by atoms with E-state index in [9.17, 15) is 4.79 Å². The van der Waals surface area contributed by atoms with Crippen LogP contribution >= 0.6 is 0 Å². The van der Waals surface area contributed by atoms with Crippen molar-refractivity contribution in [3.63, 3.8) is 0 Å². The highest BCUT2D eigenvalue weighted by atomic mass is 16.5. The third kappa shape index (κ3) is 2.90. The quantitative estimate of drug-likeness (QED) is 0.796. The van der Waals surface area contributed by atoms with Gasteiger partial charge in [-0.2, -0.15) is 0 Å². The lowest BCUT2D eigenvalue weighted by molar-refractivity contribution is -0.124. The van der Waals surface area contributed by atoms with Crippen molar-refractivity contribution in [1.82, 2.24) is 15.3 Å². The van der Waals surface area contributed by atoms with Gasteiger partial charge in [0.2, 0.25) is 5.91 Å². The Labute approximate surface area is 112 Å². The Morgan fingerprint density at radius 2 is 2.32 bits per heavy atom. The van der Waals surface area contributed by atoms with Gasteiger partial charge in [-0.05, 0) is 26.7 Å². The van der Waals surface area contributed by atoms with Crippen LogP contribution in [0.5, 0.6) is 0 Å². The number of nitrogens with one attached hydrogen (secondary N) is 1. The average molecular weight is 264 g/mol. The van der Waals surface area contributed by atoms with Crippen molar-refractivity contribution in [2.75, 3.05) is 13.2 Å². The van der Waals surface area contributed by atoms with Crippen LogP contribution in [-0.4, -0.2) is 35.1 Å². The van der Waals surface area contributed by atoms with Crippen molar-refractivity contribution in [3.8, 4) is 0 Å². The van der Waals surface area contributed by atoms with Crippen molar-refractivity contribution in [3.05, 3.63) is 23.8 Å². The third-order valence-corrected chi connectivity index (χ3v) is 3.55. The summed E-state index contributed by atoms with van der Waals surface area (Å²) in [4.78, 5) is 20.2. The first-order valence-electron chi connectivity index (χ1n) is 6.48. The number of aryl methyl sites for hydroxylation is 1. The highest BCUT2D eigenvalue weighted by Gasteiger charge is 2.37. The Morgan fingerprint density at radius 3 is 2.89 bits per heavy atom. The highest BCUT2D eigenvalue weighted by Crippen LogP contribution is 2.21. The number of carbonyl (C=O) groups excluding carboxylic acids is 1. The van der Waals surface area contributed by atoms with Gasteiger partial charge in [0.05, 0.1) is 17.5 Å². The van der Waals surface area contributed by atoms with Gasteiger partial charge < -0.3 is 10.5 Å². The minimum atomic E-state index is -1.02. The van der Waals surface area contributed by atoms with Crippen LogP contribution < -0.4 is 11.1 Å².